The number of nitriles is 1. The molecule has 12 heavy (non-hydrogen) atoms. The minimum Gasteiger partial charge on any atom is -0.281 e. The van der Waals surface area contributed by atoms with Gasteiger partial charge in [0.15, 0.2) is 0 Å². The van der Waals surface area contributed by atoms with E-state index in [1.54, 1.807) is 11.1 Å². The molecule has 2 aliphatic heterocycles. The lowest BCUT2D eigenvalue weighted by Gasteiger charge is -2.16. The lowest BCUT2D eigenvalue weighted by molar-refractivity contribution is -0.123. The lowest BCUT2D eigenvalue weighted by Crippen LogP contribution is -2.20. The number of rotatable bonds is 0. The first kappa shape index (κ1) is 7.44. The number of carbonyl (C=O) groups excluding carboxylic acids is 1. The molecule has 1 amide bonds. The van der Waals surface area contributed by atoms with Gasteiger partial charge in [0, 0.05) is 12.6 Å². The maximum Gasteiger partial charge on any atom is 0.241 e. The van der Waals surface area contributed by atoms with Crippen LogP contribution in [0, 0.1) is 11.3 Å². The molecule has 0 aromatic rings. The second kappa shape index (κ2) is 2.68. The van der Waals surface area contributed by atoms with Gasteiger partial charge in [-0.3, -0.25) is 9.69 Å². The summed E-state index contributed by atoms with van der Waals surface area (Å²) in [5, 5.41) is 9.56. The van der Waals surface area contributed by atoms with E-state index in [2.05, 4.69) is 6.07 Å². The third-order valence-corrected chi connectivity index (χ3v) is 2.90. The van der Waals surface area contributed by atoms with Gasteiger partial charge in [0.05, 0.1) is 22.4 Å². The van der Waals surface area contributed by atoms with Crippen molar-refractivity contribution < 1.29 is 4.79 Å². The minimum absolute atomic E-state index is 0.0682. The van der Waals surface area contributed by atoms with Gasteiger partial charge in [-0.25, -0.2) is 0 Å². The highest BCUT2D eigenvalue weighted by Crippen LogP contribution is 2.35. The molecule has 1 saturated heterocycles. The van der Waals surface area contributed by atoms with Gasteiger partial charge in [-0.2, -0.15) is 5.26 Å². The molecule has 0 N–H and O–H groups in total. The van der Waals surface area contributed by atoms with E-state index in [9.17, 15) is 4.79 Å². The first-order chi connectivity index (χ1) is 5.83. The number of hydrogen-bond acceptors (Lipinski definition) is 3. The fourth-order valence-corrected chi connectivity index (χ4v) is 2.23. The summed E-state index contributed by atoms with van der Waals surface area (Å²) in [7, 11) is 0. The third kappa shape index (κ3) is 0.942. The molecular formula is C8H6N2OS. The van der Waals surface area contributed by atoms with E-state index in [0.717, 1.165) is 5.03 Å². The van der Waals surface area contributed by atoms with Gasteiger partial charge in [-0.1, -0.05) is 17.8 Å². The number of amides is 1. The van der Waals surface area contributed by atoms with Crippen LogP contribution in [0.5, 0.6) is 0 Å². The van der Waals surface area contributed by atoms with Crippen molar-refractivity contribution in [3.63, 3.8) is 0 Å². The van der Waals surface area contributed by atoms with Gasteiger partial charge in [0.1, 0.15) is 0 Å². The second-order valence-electron chi connectivity index (χ2n) is 2.54. The third-order valence-electron chi connectivity index (χ3n) is 1.79. The molecule has 4 heteroatoms. The molecule has 1 fully saturated rings. The van der Waals surface area contributed by atoms with Crippen LogP contribution in [0.25, 0.3) is 0 Å². The standard InChI is InChI=1S/C8H6N2OS/c9-4-6-2-1-3-10-7(11)5-12-8(6)10/h1,3H,2,5H2. The zero-order valence-corrected chi connectivity index (χ0v) is 7.10. The highest BCUT2D eigenvalue weighted by Gasteiger charge is 2.29. The van der Waals surface area contributed by atoms with Gasteiger partial charge < -0.3 is 0 Å². The predicted octanol–water partition coefficient (Wildman–Crippen LogP) is 1.21. The van der Waals surface area contributed by atoms with Crippen LogP contribution in [0.15, 0.2) is 22.9 Å². The van der Waals surface area contributed by atoms with Crippen molar-refractivity contribution in [2.75, 3.05) is 5.75 Å². The summed E-state index contributed by atoms with van der Waals surface area (Å²) < 4.78 is 0. The Morgan fingerprint density at radius 2 is 2.50 bits per heavy atom. The monoisotopic (exact) mass is 178 g/mol. The highest BCUT2D eigenvalue weighted by molar-refractivity contribution is 8.04. The molecule has 0 aromatic heterocycles. The minimum atomic E-state index is 0.0682. The molecule has 2 heterocycles. The Morgan fingerprint density at radius 3 is 3.25 bits per heavy atom. The van der Waals surface area contributed by atoms with Gasteiger partial charge >= 0.3 is 0 Å². The van der Waals surface area contributed by atoms with Crippen LogP contribution in [0.2, 0.25) is 0 Å². The van der Waals surface area contributed by atoms with Crippen LogP contribution in [0.3, 0.4) is 0 Å². The summed E-state index contributed by atoms with van der Waals surface area (Å²) >= 11 is 1.45. The largest absolute Gasteiger partial charge is 0.281 e. The number of fused-ring (bicyclic) bond motifs is 1. The molecule has 2 rings (SSSR count). The van der Waals surface area contributed by atoms with Crippen LogP contribution >= 0.6 is 11.8 Å². The van der Waals surface area contributed by atoms with Crippen molar-refractivity contribution >= 4 is 17.7 Å². The van der Waals surface area contributed by atoms with Gasteiger partial charge in [-0.15, -0.1) is 0 Å². The molecule has 0 unspecified atom stereocenters. The van der Waals surface area contributed by atoms with Crippen LogP contribution in [-0.4, -0.2) is 16.6 Å². The van der Waals surface area contributed by atoms with E-state index >= 15 is 0 Å². The summed E-state index contributed by atoms with van der Waals surface area (Å²) in [5.74, 6) is 0.531. The summed E-state index contributed by atoms with van der Waals surface area (Å²) in [5.41, 5.74) is 0.702. The molecule has 0 spiro atoms. The Hall–Kier alpha value is -1.21. The van der Waals surface area contributed by atoms with Crippen molar-refractivity contribution in [2.24, 2.45) is 0 Å². The van der Waals surface area contributed by atoms with Crippen LogP contribution < -0.4 is 0 Å². The SMILES string of the molecule is N#CC1=C2SCC(=O)N2C=CC1. The van der Waals surface area contributed by atoms with Crippen molar-refractivity contribution in [1.29, 1.82) is 5.26 Å². The zero-order chi connectivity index (χ0) is 8.55. The van der Waals surface area contributed by atoms with E-state index in [4.69, 9.17) is 5.26 Å². The molecule has 0 radical (unpaired) electrons. The predicted molar refractivity (Wildman–Crippen MR) is 45.7 cm³/mol. The fourth-order valence-electron chi connectivity index (χ4n) is 1.22. The second-order valence-corrected chi connectivity index (χ2v) is 3.50. The smallest absolute Gasteiger partial charge is 0.241 e. The average Bonchev–Trinajstić information content (AvgIpc) is 2.48. The summed E-state index contributed by atoms with van der Waals surface area (Å²) in [6.45, 7) is 0. The van der Waals surface area contributed by atoms with E-state index in [1.165, 1.54) is 11.8 Å². The van der Waals surface area contributed by atoms with Crippen molar-refractivity contribution in [3.8, 4) is 6.07 Å². The van der Waals surface area contributed by atoms with E-state index < -0.39 is 0 Å². The number of nitrogens with zero attached hydrogens (tertiary/aromatic N) is 2. The molecule has 3 nitrogen and oxygen atoms in total. The molecule has 60 valence electrons. The lowest BCUT2D eigenvalue weighted by atomic mass is 10.2. The molecule has 0 atom stereocenters. The Balaban J connectivity index is 2.43. The molecule has 0 bridgehead atoms. The zero-order valence-electron chi connectivity index (χ0n) is 6.28. The number of allylic oxidation sites excluding steroid dienone is 2. The quantitative estimate of drug-likeness (QED) is 0.560. The fraction of sp³-hybridized carbons (Fsp3) is 0.250. The Labute approximate surface area is 74.3 Å². The molecular weight excluding hydrogens is 172 g/mol. The number of carbonyl (C=O) groups is 1. The number of thioether (sulfide) groups is 1. The molecule has 0 saturated carbocycles. The Morgan fingerprint density at radius 1 is 1.67 bits per heavy atom. The summed E-state index contributed by atoms with van der Waals surface area (Å²) in [6, 6.07) is 2.11. The maximum atomic E-state index is 11.2. The van der Waals surface area contributed by atoms with Crippen molar-refractivity contribution in [3.05, 3.63) is 22.9 Å². The average molecular weight is 178 g/mol. The Bertz CT molecular complexity index is 337. The van der Waals surface area contributed by atoms with Gasteiger partial charge in [0.25, 0.3) is 0 Å². The normalized spacial score (nSPS) is 21.2. The Kier molecular flexibility index (Phi) is 1.66. The first-order valence-electron chi connectivity index (χ1n) is 3.57. The van der Waals surface area contributed by atoms with Gasteiger partial charge in [-0.05, 0) is 0 Å². The maximum absolute atomic E-state index is 11.2. The topological polar surface area (TPSA) is 44.1 Å². The van der Waals surface area contributed by atoms with Gasteiger partial charge in [0.2, 0.25) is 5.91 Å². The molecule has 0 aliphatic carbocycles. The first-order valence-corrected chi connectivity index (χ1v) is 4.56. The van der Waals surface area contributed by atoms with Crippen LogP contribution in [0.4, 0.5) is 0 Å². The summed E-state index contributed by atoms with van der Waals surface area (Å²) in [4.78, 5) is 12.7. The number of hydrogen-bond donors (Lipinski definition) is 0. The van der Waals surface area contributed by atoms with E-state index in [0.29, 0.717) is 17.7 Å². The molecule has 0 aromatic carbocycles. The highest BCUT2D eigenvalue weighted by atomic mass is 32.2. The van der Waals surface area contributed by atoms with Crippen molar-refractivity contribution in [1.82, 2.24) is 4.90 Å². The van der Waals surface area contributed by atoms with Crippen molar-refractivity contribution in [2.45, 2.75) is 6.42 Å². The van der Waals surface area contributed by atoms with E-state index in [-0.39, 0.29) is 5.91 Å². The summed E-state index contributed by atoms with van der Waals surface area (Å²) in [6.07, 6.45) is 4.24. The molecule has 2 aliphatic rings. The van der Waals surface area contributed by atoms with E-state index in [1.807, 2.05) is 6.08 Å². The van der Waals surface area contributed by atoms with Crippen LogP contribution in [0.1, 0.15) is 6.42 Å². The van der Waals surface area contributed by atoms with Crippen LogP contribution in [-0.2, 0) is 4.79 Å².